The van der Waals surface area contributed by atoms with Gasteiger partial charge in [-0.1, -0.05) is 6.07 Å². The lowest BCUT2D eigenvalue weighted by molar-refractivity contribution is -0.116. The molecule has 0 aliphatic carbocycles. The number of nitrogens with one attached hydrogen (secondary N) is 1. The highest BCUT2D eigenvalue weighted by Crippen LogP contribution is 2.23. The van der Waals surface area contributed by atoms with Crippen LogP contribution in [0.1, 0.15) is 27.9 Å². The number of carboxylic acid groups (broad SMARTS) is 1. The zero-order chi connectivity index (χ0) is 14.6. The van der Waals surface area contributed by atoms with Crippen molar-refractivity contribution in [1.29, 1.82) is 0 Å². The summed E-state index contributed by atoms with van der Waals surface area (Å²) < 4.78 is 0. The number of carbonyl (C=O) groups is 2. The first-order chi connectivity index (χ1) is 8.81. The van der Waals surface area contributed by atoms with Gasteiger partial charge in [0.1, 0.15) is 0 Å². The van der Waals surface area contributed by atoms with E-state index in [1.165, 1.54) is 0 Å². The molecule has 19 heavy (non-hydrogen) atoms. The molecule has 0 fully saturated rings. The fraction of sp³-hybridized carbons (Fsp3) is 0.429. The molecule has 0 saturated heterocycles. The quantitative estimate of drug-likeness (QED) is 0.852. The second-order valence-electron chi connectivity index (χ2n) is 4.91. The van der Waals surface area contributed by atoms with Gasteiger partial charge in [-0.05, 0) is 45.1 Å². The predicted octanol–water partition coefficient (Wildman–Crippen LogP) is 1.89. The van der Waals surface area contributed by atoms with Crippen LogP contribution in [0, 0.1) is 13.8 Å². The summed E-state index contributed by atoms with van der Waals surface area (Å²) >= 11 is 0. The molecule has 1 rings (SSSR count). The van der Waals surface area contributed by atoms with Gasteiger partial charge in [-0.3, -0.25) is 4.79 Å². The molecule has 0 aliphatic heterocycles. The summed E-state index contributed by atoms with van der Waals surface area (Å²) in [5.74, 6) is -1.21. The van der Waals surface area contributed by atoms with E-state index in [0.29, 0.717) is 18.7 Å². The van der Waals surface area contributed by atoms with Crippen LogP contribution in [-0.2, 0) is 4.79 Å². The standard InChI is InChI=1S/C14H20N2O3/c1-9-7-10(2)13(11(8-9)14(18)19)15-12(17)5-6-16(3)4/h7-8H,5-6H2,1-4H3,(H,15,17)(H,18,19). The van der Waals surface area contributed by atoms with Crippen LogP contribution in [0.25, 0.3) is 0 Å². The lowest BCUT2D eigenvalue weighted by atomic mass is 10.0. The lowest BCUT2D eigenvalue weighted by Gasteiger charge is -2.14. The van der Waals surface area contributed by atoms with Gasteiger partial charge in [-0.15, -0.1) is 0 Å². The van der Waals surface area contributed by atoms with Crippen LogP contribution >= 0.6 is 0 Å². The van der Waals surface area contributed by atoms with Crippen LogP contribution < -0.4 is 5.32 Å². The number of nitrogens with zero attached hydrogens (tertiary/aromatic N) is 1. The molecular formula is C14H20N2O3. The fourth-order valence-corrected chi connectivity index (χ4v) is 1.83. The van der Waals surface area contributed by atoms with Crippen molar-refractivity contribution < 1.29 is 14.7 Å². The van der Waals surface area contributed by atoms with Crippen LogP contribution in [0.15, 0.2) is 12.1 Å². The molecule has 0 unspecified atom stereocenters. The maximum absolute atomic E-state index is 11.8. The third kappa shape index (κ3) is 4.37. The molecule has 5 nitrogen and oxygen atoms in total. The number of anilines is 1. The molecule has 2 N–H and O–H groups in total. The highest BCUT2D eigenvalue weighted by atomic mass is 16.4. The molecule has 0 atom stereocenters. The predicted molar refractivity (Wildman–Crippen MR) is 74.7 cm³/mol. The van der Waals surface area contributed by atoms with Crippen molar-refractivity contribution >= 4 is 17.6 Å². The Kier molecular flexibility index (Phi) is 5.06. The Morgan fingerprint density at radius 1 is 1.26 bits per heavy atom. The highest BCUT2D eigenvalue weighted by molar-refractivity contribution is 6.01. The average molecular weight is 264 g/mol. The number of hydrogen-bond acceptors (Lipinski definition) is 3. The summed E-state index contributed by atoms with van der Waals surface area (Å²) in [6.07, 6.45) is 0.333. The van der Waals surface area contributed by atoms with Gasteiger partial charge >= 0.3 is 5.97 Å². The van der Waals surface area contributed by atoms with Crippen molar-refractivity contribution in [3.05, 3.63) is 28.8 Å². The van der Waals surface area contributed by atoms with Gasteiger partial charge in [-0.25, -0.2) is 4.79 Å². The van der Waals surface area contributed by atoms with Gasteiger partial charge in [-0.2, -0.15) is 0 Å². The van der Waals surface area contributed by atoms with Crippen LogP contribution in [0.2, 0.25) is 0 Å². The van der Waals surface area contributed by atoms with Gasteiger partial charge in [0, 0.05) is 13.0 Å². The first-order valence-electron chi connectivity index (χ1n) is 6.10. The van der Waals surface area contributed by atoms with E-state index in [1.54, 1.807) is 13.0 Å². The molecule has 1 aromatic carbocycles. The lowest BCUT2D eigenvalue weighted by Crippen LogP contribution is -2.22. The third-order valence-electron chi connectivity index (χ3n) is 2.76. The largest absolute Gasteiger partial charge is 0.478 e. The summed E-state index contributed by atoms with van der Waals surface area (Å²) in [5.41, 5.74) is 2.15. The maximum Gasteiger partial charge on any atom is 0.337 e. The minimum absolute atomic E-state index is 0.135. The zero-order valence-electron chi connectivity index (χ0n) is 11.8. The van der Waals surface area contributed by atoms with Crippen molar-refractivity contribution in [3.8, 4) is 0 Å². The van der Waals surface area contributed by atoms with Crippen LogP contribution in [-0.4, -0.2) is 42.5 Å². The zero-order valence-corrected chi connectivity index (χ0v) is 11.8. The first kappa shape index (κ1) is 15.2. The monoisotopic (exact) mass is 264 g/mol. The van der Waals surface area contributed by atoms with E-state index in [4.69, 9.17) is 0 Å². The van der Waals surface area contributed by atoms with E-state index in [1.807, 2.05) is 32.0 Å². The summed E-state index contributed by atoms with van der Waals surface area (Å²) in [4.78, 5) is 24.9. The number of carbonyl (C=O) groups excluding carboxylic acids is 1. The molecule has 0 spiro atoms. The Bertz CT molecular complexity index is 496. The van der Waals surface area contributed by atoms with Gasteiger partial charge in [0.25, 0.3) is 0 Å². The molecule has 0 aliphatic rings. The van der Waals surface area contributed by atoms with Crippen LogP contribution in [0.3, 0.4) is 0 Å². The summed E-state index contributed by atoms with van der Waals surface area (Å²) in [7, 11) is 3.76. The van der Waals surface area contributed by atoms with E-state index in [9.17, 15) is 14.7 Å². The molecule has 0 bridgehead atoms. The van der Waals surface area contributed by atoms with E-state index in [-0.39, 0.29) is 11.5 Å². The Morgan fingerprint density at radius 3 is 2.42 bits per heavy atom. The van der Waals surface area contributed by atoms with E-state index < -0.39 is 5.97 Å². The normalized spacial score (nSPS) is 10.6. The number of aryl methyl sites for hydroxylation is 2. The molecule has 1 aromatic rings. The second kappa shape index (κ2) is 6.33. The fourth-order valence-electron chi connectivity index (χ4n) is 1.83. The number of amides is 1. The highest BCUT2D eigenvalue weighted by Gasteiger charge is 2.15. The molecule has 1 amide bonds. The number of benzene rings is 1. The van der Waals surface area contributed by atoms with Gasteiger partial charge < -0.3 is 15.3 Å². The minimum atomic E-state index is -1.03. The number of hydrogen-bond donors (Lipinski definition) is 2. The summed E-state index contributed by atoms with van der Waals surface area (Å²) in [5, 5.41) is 11.9. The van der Waals surface area contributed by atoms with Crippen molar-refractivity contribution in [2.75, 3.05) is 26.0 Å². The van der Waals surface area contributed by atoms with E-state index >= 15 is 0 Å². The summed E-state index contributed by atoms with van der Waals surface area (Å²) in [6.45, 7) is 4.25. The Balaban J connectivity index is 2.94. The van der Waals surface area contributed by atoms with Crippen molar-refractivity contribution in [1.82, 2.24) is 4.90 Å². The molecule has 5 heteroatoms. The Labute approximate surface area is 113 Å². The molecule has 0 aromatic heterocycles. The molecule has 0 saturated carbocycles. The van der Waals surface area contributed by atoms with Gasteiger partial charge in [0.2, 0.25) is 5.91 Å². The number of rotatable bonds is 5. The topological polar surface area (TPSA) is 69.6 Å². The van der Waals surface area contributed by atoms with Gasteiger partial charge in [0.05, 0.1) is 11.3 Å². The molecular weight excluding hydrogens is 244 g/mol. The third-order valence-corrected chi connectivity index (χ3v) is 2.76. The average Bonchev–Trinajstić information content (AvgIpc) is 2.29. The minimum Gasteiger partial charge on any atom is -0.478 e. The Hall–Kier alpha value is -1.88. The molecule has 104 valence electrons. The summed E-state index contributed by atoms with van der Waals surface area (Å²) in [6, 6.07) is 3.42. The smallest absolute Gasteiger partial charge is 0.337 e. The van der Waals surface area contributed by atoms with Crippen molar-refractivity contribution in [2.24, 2.45) is 0 Å². The second-order valence-corrected chi connectivity index (χ2v) is 4.91. The van der Waals surface area contributed by atoms with Crippen molar-refractivity contribution in [3.63, 3.8) is 0 Å². The van der Waals surface area contributed by atoms with Gasteiger partial charge in [0.15, 0.2) is 0 Å². The SMILES string of the molecule is Cc1cc(C)c(NC(=O)CCN(C)C)c(C(=O)O)c1. The van der Waals surface area contributed by atoms with E-state index in [2.05, 4.69) is 5.32 Å². The van der Waals surface area contributed by atoms with Crippen molar-refractivity contribution in [2.45, 2.75) is 20.3 Å². The molecule has 0 heterocycles. The maximum atomic E-state index is 11.8. The van der Waals surface area contributed by atoms with Crippen LogP contribution in [0.4, 0.5) is 5.69 Å². The molecule has 0 radical (unpaired) electrons. The number of aromatic carboxylic acids is 1. The number of carboxylic acids is 1. The van der Waals surface area contributed by atoms with E-state index in [0.717, 1.165) is 11.1 Å². The Morgan fingerprint density at radius 2 is 1.89 bits per heavy atom. The first-order valence-corrected chi connectivity index (χ1v) is 6.10. The van der Waals surface area contributed by atoms with Crippen LogP contribution in [0.5, 0.6) is 0 Å².